The second-order valence-corrected chi connectivity index (χ2v) is 13.7. The average molecular weight is 653 g/mol. The Hall–Kier alpha value is -1.89. The van der Waals surface area contributed by atoms with Crippen LogP contribution in [0.1, 0.15) is 195 Å². The molecule has 0 radical (unpaired) electrons. The molecule has 7 nitrogen and oxygen atoms in total. The SMILES string of the molecule is CCCCCCCCCCCCCCCC/C=C/CCCCCC[N+](C(CCC)C(=O)O)(C(CCC)C(=O)O)C(CCC)C(=O)O. The van der Waals surface area contributed by atoms with Crippen LogP contribution in [0.25, 0.3) is 0 Å². The third-order valence-corrected chi connectivity index (χ3v) is 9.84. The number of hydrogen-bond donors (Lipinski definition) is 3. The zero-order valence-electron chi connectivity index (χ0n) is 30.5. The number of carbonyl (C=O) groups is 3. The molecule has 0 heterocycles. The monoisotopic (exact) mass is 653 g/mol. The van der Waals surface area contributed by atoms with E-state index in [2.05, 4.69) is 19.1 Å². The van der Waals surface area contributed by atoms with Crippen molar-refractivity contribution in [3.63, 3.8) is 0 Å². The van der Waals surface area contributed by atoms with Crippen LogP contribution < -0.4 is 0 Å². The van der Waals surface area contributed by atoms with Crippen LogP contribution >= 0.6 is 0 Å². The third kappa shape index (κ3) is 18.4. The maximum Gasteiger partial charge on any atom is 0.362 e. The smallest absolute Gasteiger partial charge is 0.362 e. The Bertz CT molecular complexity index is 738. The van der Waals surface area contributed by atoms with Gasteiger partial charge in [-0.1, -0.05) is 130 Å². The molecular formula is C39H74NO6+. The highest BCUT2D eigenvalue weighted by Gasteiger charge is 2.56. The number of aliphatic carboxylic acids is 3. The van der Waals surface area contributed by atoms with Gasteiger partial charge in [0, 0.05) is 19.3 Å². The summed E-state index contributed by atoms with van der Waals surface area (Å²) in [6, 6.07) is -3.16. The van der Waals surface area contributed by atoms with Crippen molar-refractivity contribution in [1.29, 1.82) is 0 Å². The summed E-state index contributed by atoms with van der Waals surface area (Å²) in [4.78, 5) is 37.8. The molecule has 0 aliphatic heterocycles. The minimum absolute atomic E-state index is 0.264. The van der Waals surface area contributed by atoms with Crippen molar-refractivity contribution < 1.29 is 34.2 Å². The topological polar surface area (TPSA) is 112 Å². The first-order chi connectivity index (χ1) is 22.2. The number of rotatable bonds is 34. The number of carboxylic acids is 3. The van der Waals surface area contributed by atoms with Crippen LogP contribution in [0.15, 0.2) is 12.2 Å². The second-order valence-electron chi connectivity index (χ2n) is 13.7. The lowest BCUT2D eigenvalue weighted by Crippen LogP contribution is -2.72. The maximum atomic E-state index is 12.6. The summed E-state index contributed by atoms with van der Waals surface area (Å²) in [7, 11) is 0. The van der Waals surface area contributed by atoms with Crippen molar-refractivity contribution in [2.75, 3.05) is 6.54 Å². The average Bonchev–Trinajstić information content (AvgIpc) is 3.02. The zero-order chi connectivity index (χ0) is 34.5. The summed E-state index contributed by atoms with van der Waals surface area (Å²) >= 11 is 0. The van der Waals surface area contributed by atoms with Gasteiger partial charge in [0.1, 0.15) is 0 Å². The Labute approximate surface area is 283 Å². The lowest BCUT2D eigenvalue weighted by Gasteiger charge is -2.50. The molecule has 46 heavy (non-hydrogen) atoms. The van der Waals surface area contributed by atoms with Crippen molar-refractivity contribution in [3.8, 4) is 0 Å². The van der Waals surface area contributed by atoms with Crippen molar-refractivity contribution in [2.24, 2.45) is 0 Å². The molecule has 0 saturated carbocycles. The standard InChI is InChI=1S/C39H73NO6/c1-5-9-10-11-12-13-14-15-16-17-18-19-20-21-22-23-24-25-26-27-28-29-33-40(34(30-6-2)37(41)42,35(31-7-3)38(43)44)36(32-8-4)39(45)46/h23-24,34-36H,5-22,25-33H2,1-4H3,(H2-,41,42,43,44,45,46)/p+1/b24-23+. The fourth-order valence-electron chi connectivity index (χ4n) is 7.34. The van der Waals surface area contributed by atoms with Gasteiger partial charge in [-0.3, -0.25) is 4.48 Å². The second kappa shape index (κ2) is 29.3. The molecule has 0 aromatic rings. The van der Waals surface area contributed by atoms with E-state index in [0.717, 1.165) is 32.1 Å². The molecule has 0 aliphatic rings. The number of unbranched alkanes of at least 4 members (excludes halogenated alkanes) is 18. The summed E-state index contributed by atoms with van der Waals surface area (Å²) in [6.07, 6.45) is 31.9. The van der Waals surface area contributed by atoms with Gasteiger partial charge in [0.2, 0.25) is 0 Å². The molecule has 0 saturated heterocycles. The fourth-order valence-corrected chi connectivity index (χ4v) is 7.34. The highest BCUT2D eigenvalue weighted by atomic mass is 16.4. The van der Waals surface area contributed by atoms with E-state index in [9.17, 15) is 29.7 Å². The van der Waals surface area contributed by atoms with Crippen LogP contribution in [-0.2, 0) is 14.4 Å². The van der Waals surface area contributed by atoms with E-state index in [1.54, 1.807) is 0 Å². The Kier molecular flexibility index (Phi) is 28.1. The Morgan fingerprint density at radius 3 is 1.00 bits per heavy atom. The third-order valence-electron chi connectivity index (χ3n) is 9.84. The first-order valence-electron chi connectivity index (χ1n) is 19.4. The predicted molar refractivity (Wildman–Crippen MR) is 191 cm³/mol. The lowest BCUT2D eigenvalue weighted by atomic mass is 9.91. The largest absolute Gasteiger partial charge is 0.477 e. The summed E-state index contributed by atoms with van der Waals surface area (Å²) < 4.78 is -0.380. The van der Waals surface area contributed by atoms with E-state index >= 15 is 0 Å². The molecular weight excluding hydrogens is 578 g/mol. The van der Waals surface area contributed by atoms with Crippen molar-refractivity contribution in [2.45, 2.75) is 213 Å². The van der Waals surface area contributed by atoms with Gasteiger partial charge in [-0.15, -0.1) is 0 Å². The highest BCUT2D eigenvalue weighted by molar-refractivity contribution is 5.78. The molecule has 270 valence electrons. The van der Waals surface area contributed by atoms with Gasteiger partial charge in [0.05, 0.1) is 6.54 Å². The van der Waals surface area contributed by atoms with E-state index in [0.29, 0.717) is 25.7 Å². The van der Waals surface area contributed by atoms with Crippen molar-refractivity contribution in [1.82, 2.24) is 0 Å². The summed E-state index contributed by atoms with van der Waals surface area (Å²) in [5, 5.41) is 30.9. The molecule has 3 atom stereocenters. The molecule has 0 bridgehead atoms. The van der Waals surface area contributed by atoms with Gasteiger partial charge in [-0.2, -0.15) is 0 Å². The number of hydrogen-bond acceptors (Lipinski definition) is 3. The molecule has 3 unspecified atom stereocenters. The maximum absolute atomic E-state index is 12.6. The van der Waals surface area contributed by atoms with Gasteiger partial charge >= 0.3 is 17.9 Å². The Morgan fingerprint density at radius 2 is 0.717 bits per heavy atom. The van der Waals surface area contributed by atoms with Crippen LogP contribution in [0.4, 0.5) is 0 Å². The normalized spacial score (nSPS) is 15.0. The lowest BCUT2D eigenvalue weighted by molar-refractivity contribution is -0.973. The Morgan fingerprint density at radius 1 is 0.435 bits per heavy atom. The van der Waals surface area contributed by atoms with E-state index in [1.807, 2.05) is 20.8 Å². The summed E-state index contributed by atoms with van der Waals surface area (Å²) in [5.41, 5.74) is 0. The number of carboxylic acid groups (broad SMARTS) is 3. The molecule has 3 N–H and O–H groups in total. The van der Waals surface area contributed by atoms with Gasteiger partial charge < -0.3 is 15.3 Å². The summed E-state index contributed by atoms with van der Waals surface area (Å²) in [6.45, 7) is 8.17. The van der Waals surface area contributed by atoms with Gasteiger partial charge in [-0.25, -0.2) is 14.4 Å². The van der Waals surface area contributed by atoms with Crippen molar-refractivity contribution in [3.05, 3.63) is 12.2 Å². The van der Waals surface area contributed by atoms with Crippen LogP contribution in [0.3, 0.4) is 0 Å². The predicted octanol–water partition coefficient (Wildman–Crippen LogP) is 10.9. The zero-order valence-corrected chi connectivity index (χ0v) is 30.5. The number of quaternary nitrogens is 1. The summed E-state index contributed by atoms with van der Waals surface area (Å²) in [5.74, 6) is -3.26. The van der Waals surface area contributed by atoms with Crippen LogP contribution in [0.5, 0.6) is 0 Å². The molecule has 7 heteroatoms. The quantitative estimate of drug-likeness (QED) is 0.0362. The molecule has 0 amide bonds. The van der Waals surface area contributed by atoms with Gasteiger partial charge in [-0.05, 0) is 57.8 Å². The Balaban J connectivity index is 4.64. The van der Waals surface area contributed by atoms with E-state index in [1.165, 1.54) is 89.9 Å². The van der Waals surface area contributed by atoms with Crippen molar-refractivity contribution >= 4 is 17.9 Å². The minimum atomic E-state index is -1.09. The number of allylic oxidation sites excluding steroid dienone is 2. The van der Waals surface area contributed by atoms with Crippen LogP contribution in [0.2, 0.25) is 0 Å². The molecule has 0 aliphatic carbocycles. The molecule has 0 spiro atoms. The van der Waals surface area contributed by atoms with E-state index in [4.69, 9.17) is 0 Å². The molecule has 0 aromatic carbocycles. The van der Waals surface area contributed by atoms with Crippen LogP contribution in [0, 0.1) is 0 Å². The number of nitrogens with zero attached hydrogens (tertiary/aromatic N) is 1. The van der Waals surface area contributed by atoms with Crippen LogP contribution in [-0.4, -0.2) is 62.4 Å². The minimum Gasteiger partial charge on any atom is -0.477 e. The van der Waals surface area contributed by atoms with Gasteiger partial charge in [0.15, 0.2) is 18.1 Å². The first kappa shape index (κ1) is 44.1. The van der Waals surface area contributed by atoms with E-state index in [-0.39, 0.29) is 30.3 Å². The van der Waals surface area contributed by atoms with Gasteiger partial charge in [0.25, 0.3) is 0 Å². The highest BCUT2D eigenvalue weighted by Crippen LogP contribution is 2.34. The fraction of sp³-hybridized carbons (Fsp3) is 0.872. The molecule has 0 aromatic heterocycles. The molecule has 0 rings (SSSR count). The van der Waals surface area contributed by atoms with E-state index < -0.39 is 36.0 Å². The first-order valence-corrected chi connectivity index (χ1v) is 19.4. The molecule has 0 fully saturated rings.